The predicted octanol–water partition coefficient (Wildman–Crippen LogP) is 4.14. The molecule has 174 valence electrons. The van der Waals surface area contributed by atoms with E-state index in [9.17, 15) is 19.5 Å². The molecule has 1 aliphatic heterocycles. The number of ether oxygens (including phenoxy) is 1. The Kier molecular flexibility index (Phi) is 8.05. The Hall–Kier alpha value is -2.97. The van der Waals surface area contributed by atoms with Crippen molar-refractivity contribution in [2.75, 3.05) is 26.2 Å². The Labute approximate surface area is 201 Å². The first-order valence-corrected chi connectivity index (χ1v) is 11.6. The second kappa shape index (κ2) is 10.8. The highest BCUT2D eigenvalue weighted by molar-refractivity contribution is 9.10. The van der Waals surface area contributed by atoms with Crippen molar-refractivity contribution in [2.45, 2.75) is 26.8 Å². The summed E-state index contributed by atoms with van der Waals surface area (Å²) in [5, 5.41) is 11.1. The van der Waals surface area contributed by atoms with Crippen molar-refractivity contribution in [3.8, 4) is 5.75 Å². The molecule has 0 radical (unpaired) electrons. The number of benzene rings is 2. The molecule has 1 N–H and O–H groups in total. The van der Waals surface area contributed by atoms with Gasteiger partial charge < -0.3 is 19.6 Å². The molecule has 2 aromatic rings. The van der Waals surface area contributed by atoms with Gasteiger partial charge in [-0.15, -0.1) is 0 Å². The lowest BCUT2D eigenvalue weighted by Gasteiger charge is -2.28. The van der Waals surface area contributed by atoms with Crippen molar-refractivity contribution in [2.24, 2.45) is 0 Å². The summed E-state index contributed by atoms with van der Waals surface area (Å²) in [6.07, 6.45) is 0. The first-order valence-electron chi connectivity index (χ1n) is 10.8. The average molecular weight is 515 g/mol. The molecule has 0 aliphatic carbocycles. The Morgan fingerprint density at radius 1 is 1.06 bits per heavy atom. The largest absolute Gasteiger partial charge is 0.507 e. The van der Waals surface area contributed by atoms with Gasteiger partial charge in [0.25, 0.3) is 11.7 Å². The molecule has 33 heavy (non-hydrogen) atoms. The molecule has 1 unspecified atom stereocenters. The topological polar surface area (TPSA) is 87.2 Å². The van der Waals surface area contributed by atoms with Crippen molar-refractivity contribution in [1.82, 2.24) is 9.80 Å². The zero-order chi connectivity index (χ0) is 24.1. The highest BCUT2D eigenvalue weighted by Crippen LogP contribution is 2.39. The van der Waals surface area contributed by atoms with E-state index >= 15 is 0 Å². The fraction of sp³-hybridized carbons (Fsp3) is 0.320. The summed E-state index contributed by atoms with van der Waals surface area (Å²) in [6, 6.07) is 12.8. The van der Waals surface area contributed by atoms with Gasteiger partial charge in [0.2, 0.25) is 0 Å². The number of ketones is 1. The number of aliphatic hydroxyl groups excluding tert-OH is 1. The number of nitrogens with zero attached hydrogens (tertiary/aromatic N) is 2. The highest BCUT2D eigenvalue weighted by Gasteiger charge is 2.45. The number of Topliss-reactive ketones (excluding diaryl/α,β-unsaturated/α-hetero) is 1. The van der Waals surface area contributed by atoms with Gasteiger partial charge in [0.15, 0.2) is 0 Å². The molecule has 0 spiro atoms. The SMILES string of the molecule is CCN(CC)CCN1C(=O)C(=O)/C(=C(\O)c2ccc(Br)cc2)C1c1ccc(OC(C)=O)cc1. The minimum absolute atomic E-state index is 0.0436. The van der Waals surface area contributed by atoms with E-state index in [0.717, 1.165) is 17.6 Å². The number of likely N-dealkylation sites (N-methyl/N-ethyl adjacent to an activating group) is 1. The van der Waals surface area contributed by atoms with Crippen molar-refractivity contribution in [3.05, 3.63) is 69.7 Å². The summed E-state index contributed by atoms with van der Waals surface area (Å²) in [4.78, 5) is 41.0. The Morgan fingerprint density at radius 3 is 2.21 bits per heavy atom. The Bertz CT molecular complexity index is 1060. The van der Waals surface area contributed by atoms with Crippen LogP contribution in [0.3, 0.4) is 0 Å². The fourth-order valence-electron chi connectivity index (χ4n) is 3.89. The van der Waals surface area contributed by atoms with Crippen LogP contribution in [0.15, 0.2) is 58.6 Å². The number of hydrogen-bond acceptors (Lipinski definition) is 6. The Balaban J connectivity index is 2.07. The third kappa shape index (κ3) is 5.51. The molecule has 1 heterocycles. The zero-order valence-electron chi connectivity index (χ0n) is 18.9. The van der Waals surface area contributed by atoms with Crippen LogP contribution in [0.25, 0.3) is 5.76 Å². The number of amides is 1. The van der Waals surface area contributed by atoms with Crippen LogP contribution in [0, 0.1) is 0 Å². The van der Waals surface area contributed by atoms with Gasteiger partial charge in [-0.2, -0.15) is 0 Å². The smallest absolute Gasteiger partial charge is 0.308 e. The second-order valence-electron chi connectivity index (χ2n) is 7.69. The van der Waals surface area contributed by atoms with E-state index in [1.807, 2.05) is 13.8 Å². The summed E-state index contributed by atoms with van der Waals surface area (Å²) in [5.74, 6) is -1.67. The molecule has 0 bridgehead atoms. The maximum absolute atomic E-state index is 13.1. The molecule has 8 heteroatoms. The Morgan fingerprint density at radius 2 is 1.67 bits per heavy atom. The number of aliphatic hydroxyl groups is 1. The van der Waals surface area contributed by atoms with Gasteiger partial charge in [-0.3, -0.25) is 14.4 Å². The summed E-state index contributed by atoms with van der Waals surface area (Å²) in [7, 11) is 0. The third-order valence-corrected chi connectivity index (χ3v) is 6.20. The quantitative estimate of drug-likeness (QED) is 0.187. The number of likely N-dealkylation sites (tertiary alicyclic amines) is 1. The lowest BCUT2D eigenvalue weighted by Crippen LogP contribution is -2.38. The van der Waals surface area contributed by atoms with Crippen molar-refractivity contribution >= 4 is 39.3 Å². The lowest BCUT2D eigenvalue weighted by atomic mass is 9.95. The van der Waals surface area contributed by atoms with Gasteiger partial charge in [0.1, 0.15) is 11.5 Å². The van der Waals surface area contributed by atoms with Gasteiger partial charge in [0, 0.05) is 30.0 Å². The van der Waals surface area contributed by atoms with Gasteiger partial charge in [-0.05, 0) is 42.9 Å². The molecule has 0 saturated carbocycles. The second-order valence-corrected chi connectivity index (χ2v) is 8.60. The molecule has 1 fully saturated rings. The summed E-state index contributed by atoms with van der Waals surface area (Å²) in [6.45, 7) is 7.96. The standard InChI is InChI=1S/C25H27BrN2O5/c1-4-27(5-2)14-15-28-22(17-8-12-20(13-9-17)33-16(3)29)21(24(31)25(28)32)23(30)18-6-10-19(26)11-7-18/h6-13,22,30H,4-5,14-15H2,1-3H3/b23-21-. The van der Waals surface area contributed by atoms with Gasteiger partial charge in [0.05, 0.1) is 11.6 Å². The molecular formula is C25H27BrN2O5. The number of hydrogen-bond donors (Lipinski definition) is 1. The van der Waals surface area contributed by atoms with Crippen LogP contribution in [0.2, 0.25) is 0 Å². The molecule has 0 aromatic heterocycles. The zero-order valence-corrected chi connectivity index (χ0v) is 20.5. The first-order chi connectivity index (χ1) is 15.8. The van der Waals surface area contributed by atoms with Crippen molar-refractivity contribution < 1.29 is 24.2 Å². The maximum Gasteiger partial charge on any atom is 0.308 e. The minimum Gasteiger partial charge on any atom is -0.507 e. The molecule has 2 aromatic carbocycles. The van der Waals surface area contributed by atoms with Crippen LogP contribution in [-0.2, 0) is 14.4 Å². The van der Waals surface area contributed by atoms with E-state index in [2.05, 4.69) is 20.8 Å². The van der Waals surface area contributed by atoms with E-state index in [1.165, 1.54) is 11.8 Å². The van der Waals surface area contributed by atoms with Crippen molar-refractivity contribution in [3.63, 3.8) is 0 Å². The van der Waals surface area contributed by atoms with E-state index in [-0.39, 0.29) is 11.3 Å². The van der Waals surface area contributed by atoms with Crippen LogP contribution >= 0.6 is 15.9 Å². The first kappa shape index (κ1) is 24.7. The lowest BCUT2D eigenvalue weighted by molar-refractivity contribution is -0.140. The van der Waals surface area contributed by atoms with Crippen LogP contribution in [0.4, 0.5) is 0 Å². The number of carbonyl (C=O) groups is 3. The number of rotatable bonds is 8. The minimum atomic E-state index is -0.754. The van der Waals surface area contributed by atoms with Crippen LogP contribution in [0.5, 0.6) is 5.75 Å². The fourth-order valence-corrected chi connectivity index (χ4v) is 4.16. The maximum atomic E-state index is 13.1. The van der Waals surface area contributed by atoms with Crippen LogP contribution in [-0.4, -0.2) is 58.7 Å². The monoisotopic (exact) mass is 514 g/mol. The molecule has 1 aliphatic rings. The number of esters is 1. The summed E-state index contributed by atoms with van der Waals surface area (Å²) >= 11 is 3.36. The number of halogens is 1. The average Bonchev–Trinajstić information content (AvgIpc) is 3.05. The predicted molar refractivity (Wildman–Crippen MR) is 129 cm³/mol. The number of carbonyl (C=O) groups excluding carboxylic acids is 3. The van der Waals surface area contributed by atoms with Gasteiger partial charge in [-0.25, -0.2) is 0 Å². The van der Waals surface area contributed by atoms with Crippen molar-refractivity contribution in [1.29, 1.82) is 0 Å². The molecular weight excluding hydrogens is 488 g/mol. The van der Waals surface area contributed by atoms with Crippen LogP contribution < -0.4 is 4.74 Å². The van der Waals surface area contributed by atoms with E-state index in [4.69, 9.17) is 4.74 Å². The molecule has 3 rings (SSSR count). The summed E-state index contributed by atoms with van der Waals surface area (Å²) in [5.41, 5.74) is 1.13. The van der Waals surface area contributed by atoms with Gasteiger partial charge >= 0.3 is 5.97 Å². The summed E-state index contributed by atoms with van der Waals surface area (Å²) < 4.78 is 5.93. The van der Waals surface area contributed by atoms with E-state index in [0.29, 0.717) is 30.0 Å². The van der Waals surface area contributed by atoms with E-state index in [1.54, 1.807) is 48.5 Å². The molecule has 1 atom stereocenters. The highest BCUT2D eigenvalue weighted by atomic mass is 79.9. The van der Waals surface area contributed by atoms with E-state index < -0.39 is 23.7 Å². The normalized spacial score (nSPS) is 17.6. The van der Waals surface area contributed by atoms with Gasteiger partial charge in [-0.1, -0.05) is 54.0 Å². The molecule has 7 nitrogen and oxygen atoms in total. The molecule has 1 amide bonds. The van der Waals surface area contributed by atoms with Crippen LogP contribution in [0.1, 0.15) is 37.9 Å². The third-order valence-electron chi connectivity index (χ3n) is 5.67. The molecule has 1 saturated heterocycles.